The van der Waals surface area contributed by atoms with Crippen LogP contribution in [0.2, 0.25) is 0 Å². The first-order valence-corrected chi connectivity index (χ1v) is 12.0. The van der Waals surface area contributed by atoms with Crippen molar-refractivity contribution < 1.29 is 17.6 Å². The van der Waals surface area contributed by atoms with Crippen LogP contribution in [0.3, 0.4) is 0 Å². The normalized spacial score (nSPS) is 17.1. The second-order valence-corrected chi connectivity index (χ2v) is 8.73. The third kappa shape index (κ3) is 7.54. The Morgan fingerprint density at radius 2 is 1.89 bits per heavy atom. The summed E-state index contributed by atoms with van der Waals surface area (Å²) in [6, 6.07) is 13.7. The highest BCUT2D eigenvalue weighted by molar-refractivity contribution is 5.90. The molecule has 1 atom stereocenters. The van der Waals surface area contributed by atoms with Crippen LogP contribution in [0, 0.1) is 5.95 Å². The van der Waals surface area contributed by atoms with Gasteiger partial charge in [-0.3, -0.25) is 4.99 Å². The van der Waals surface area contributed by atoms with E-state index in [1.807, 2.05) is 25.1 Å². The number of nitrogens with one attached hydrogen (secondary N) is 1. The molecule has 2 aliphatic rings. The van der Waals surface area contributed by atoms with Crippen LogP contribution >= 0.6 is 0 Å². The topological polar surface area (TPSA) is 40.5 Å². The molecule has 0 spiro atoms. The molecule has 1 saturated heterocycles. The number of pyridine rings is 1. The van der Waals surface area contributed by atoms with Gasteiger partial charge in [-0.05, 0) is 37.0 Å². The van der Waals surface area contributed by atoms with Crippen molar-refractivity contribution >= 4 is 5.71 Å². The number of hydrogen-bond donors (Lipinski definition) is 1. The predicted octanol–water partition coefficient (Wildman–Crippen LogP) is 6.73. The van der Waals surface area contributed by atoms with Crippen LogP contribution in [0.15, 0.2) is 90.0 Å². The van der Waals surface area contributed by atoms with Gasteiger partial charge in [-0.15, -0.1) is 0 Å². The van der Waals surface area contributed by atoms with E-state index < -0.39 is 11.9 Å². The van der Waals surface area contributed by atoms with Gasteiger partial charge < -0.3 is 10.2 Å². The van der Waals surface area contributed by atoms with Crippen molar-refractivity contribution in [1.29, 1.82) is 0 Å². The van der Waals surface area contributed by atoms with Crippen LogP contribution < -0.4 is 5.32 Å². The number of aliphatic imine (C=N–C) groups is 1. The van der Waals surface area contributed by atoms with Gasteiger partial charge in [0.25, 0.3) is 0 Å². The highest BCUT2D eigenvalue weighted by atomic mass is 19.4. The Bertz CT molecular complexity index is 1110. The maximum absolute atomic E-state index is 12.7. The number of nitrogens with zero attached hydrogens (tertiary/aromatic N) is 3. The van der Waals surface area contributed by atoms with Gasteiger partial charge in [-0.25, -0.2) is 4.98 Å². The van der Waals surface area contributed by atoms with Crippen LogP contribution in [-0.2, 0) is 13.0 Å². The van der Waals surface area contributed by atoms with Crippen LogP contribution in [0.1, 0.15) is 43.7 Å². The molecule has 1 aromatic heterocycles. The van der Waals surface area contributed by atoms with Gasteiger partial charge in [0.15, 0.2) is 0 Å². The Morgan fingerprint density at radius 1 is 1.14 bits per heavy atom. The standard InChI is InChI=1S/C21H24F3N3.C7H8FN/c1-15(13-18-10-11-20(26-18)21(22,23)24)27-12-6-9-19(27)16(2)25-14-17-7-4-3-5-8-17;1-2-6-4-3-5-9-7(6)8/h3-5,7-8,11,19,25H,1-2,6,9-10,12-14H2;3-5H,2H2,1H3. The fourth-order valence-electron chi connectivity index (χ4n) is 4.22. The van der Waals surface area contributed by atoms with E-state index in [1.54, 1.807) is 12.1 Å². The third-order valence-corrected chi connectivity index (χ3v) is 6.15. The van der Waals surface area contributed by atoms with Gasteiger partial charge in [0.05, 0.1) is 6.04 Å². The van der Waals surface area contributed by atoms with Crippen molar-refractivity contribution in [2.24, 2.45) is 4.99 Å². The summed E-state index contributed by atoms with van der Waals surface area (Å²) >= 11 is 0. The number of rotatable bonds is 8. The minimum Gasteiger partial charge on any atom is -0.383 e. The number of aromatic nitrogens is 1. The van der Waals surface area contributed by atoms with Gasteiger partial charge in [0, 0.05) is 54.8 Å². The SMILES string of the molecule is C=C(NCc1ccccc1)C1CCCN1C(=C)CC1=NC(C(F)(F)F)=CC1.CCc1cccnc1F. The van der Waals surface area contributed by atoms with Crippen molar-refractivity contribution in [2.45, 2.75) is 57.8 Å². The van der Waals surface area contributed by atoms with Crippen LogP contribution in [0.25, 0.3) is 0 Å². The zero-order chi connectivity index (χ0) is 26.1. The molecule has 1 fully saturated rings. The third-order valence-electron chi connectivity index (χ3n) is 6.15. The fourth-order valence-corrected chi connectivity index (χ4v) is 4.22. The van der Waals surface area contributed by atoms with E-state index >= 15 is 0 Å². The minimum absolute atomic E-state index is 0.110. The number of aryl methyl sites for hydroxylation is 1. The number of benzene rings is 1. The maximum atomic E-state index is 12.7. The lowest BCUT2D eigenvalue weighted by Crippen LogP contribution is -2.35. The highest BCUT2D eigenvalue weighted by Gasteiger charge is 2.36. The molecule has 0 saturated carbocycles. The second-order valence-electron chi connectivity index (χ2n) is 8.73. The van der Waals surface area contributed by atoms with Gasteiger partial charge in [-0.1, -0.05) is 56.5 Å². The monoisotopic (exact) mass is 500 g/mol. The molecule has 0 bridgehead atoms. The largest absolute Gasteiger partial charge is 0.433 e. The average Bonchev–Trinajstić information content (AvgIpc) is 3.54. The molecule has 1 aromatic carbocycles. The van der Waals surface area contributed by atoms with E-state index in [-0.39, 0.29) is 18.4 Å². The highest BCUT2D eigenvalue weighted by Crippen LogP contribution is 2.32. The number of alkyl halides is 3. The summed E-state index contributed by atoms with van der Waals surface area (Å²) in [7, 11) is 0. The average molecular weight is 501 g/mol. The molecule has 4 rings (SSSR count). The predicted molar refractivity (Wildman–Crippen MR) is 136 cm³/mol. The fraction of sp³-hybridized carbons (Fsp3) is 0.357. The lowest BCUT2D eigenvalue weighted by molar-refractivity contribution is -0.0921. The number of hydrogen-bond acceptors (Lipinski definition) is 4. The molecule has 4 nitrogen and oxygen atoms in total. The molecular formula is C28H32F4N4. The molecule has 2 aliphatic heterocycles. The summed E-state index contributed by atoms with van der Waals surface area (Å²) in [4.78, 5) is 9.37. The van der Waals surface area contributed by atoms with Crippen molar-refractivity contribution in [1.82, 2.24) is 15.2 Å². The molecule has 8 heteroatoms. The summed E-state index contributed by atoms with van der Waals surface area (Å²) in [6.45, 7) is 11.7. The summed E-state index contributed by atoms with van der Waals surface area (Å²) < 4.78 is 50.7. The van der Waals surface area contributed by atoms with Gasteiger partial charge in [-0.2, -0.15) is 17.6 Å². The lowest BCUT2D eigenvalue weighted by atomic mass is 10.1. The maximum Gasteiger partial charge on any atom is 0.433 e. The van der Waals surface area contributed by atoms with E-state index in [9.17, 15) is 17.6 Å². The van der Waals surface area contributed by atoms with Crippen molar-refractivity contribution in [2.75, 3.05) is 6.54 Å². The quantitative estimate of drug-likeness (QED) is 0.323. The summed E-state index contributed by atoms with van der Waals surface area (Å²) in [5.74, 6) is -0.347. The Morgan fingerprint density at radius 3 is 2.50 bits per heavy atom. The molecule has 0 amide bonds. The molecule has 192 valence electrons. The minimum atomic E-state index is -4.38. The Balaban J connectivity index is 0.000000338. The van der Waals surface area contributed by atoms with E-state index in [4.69, 9.17) is 0 Å². The van der Waals surface area contributed by atoms with Crippen LogP contribution in [0.5, 0.6) is 0 Å². The van der Waals surface area contributed by atoms with Crippen LogP contribution in [0.4, 0.5) is 17.6 Å². The Labute approximate surface area is 210 Å². The van der Waals surface area contributed by atoms with E-state index in [0.717, 1.165) is 36.9 Å². The van der Waals surface area contributed by atoms with Crippen molar-refractivity contribution in [3.05, 3.63) is 102 Å². The van der Waals surface area contributed by atoms with E-state index in [2.05, 4.69) is 45.5 Å². The molecule has 0 radical (unpaired) electrons. The first-order valence-electron chi connectivity index (χ1n) is 12.0. The smallest absolute Gasteiger partial charge is 0.383 e. The summed E-state index contributed by atoms with van der Waals surface area (Å²) in [6.07, 6.45) is 1.48. The molecule has 2 aromatic rings. The molecule has 36 heavy (non-hydrogen) atoms. The van der Waals surface area contributed by atoms with E-state index in [1.165, 1.54) is 11.8 Å². The van der Waals surface area contributed by atoms with Crippen molar-refractivity contribution in [3.63, 3.8) is 0 Å². The lowest BCUT2D eigenvalue weighted by Gasteiger charge is -2.30. The van der Waals surface area contributed by atoms with Crippen molar-refractivity contribution in [3.8, 4) is 0 Å². The first kappa shape index (κ1) is 27.2. The molecule has 1 unspecified atom stereocenters. The summed E-state index contributed by atoms with van der Waals surface area (Å²) in [5, 5.41) is 3.38. The number of halogens is 4. The first-order chi connectivity index (χ1) is 17.2. The summed E-state index contributed by atoms with van der Waals surface area (Å²) in [5.41, 5.74) is 3.29. The van der Waals surface area contributed by atoms with Gasteiger partial charge >= 0.3 is 6.18 Å². The number of allylic oxidation sites excluding steroid dienone is 3. The second kappa shape index (κ2) is 12.5. The number of likely N-dealkylation sites (tertiary alicyclic amines) is 1. The van der Waals surface area contributed by atoms with E-state index in [0.29, 0.717) is 30.7 Å². The van der Waals surface area contributed by atoms with Gasteiger partial charge in [0.2, 0.25) is 5.95 Å². The molecule has 1 N–H and O–H groups in total. The zero-order valence-corrected chi connectivity index (χ0v) is 20.5. The molecule has 3 heterocycles. The van der Waals surface area contributed by atoms with Crippen LogP contribution in [-0.4, -0.2) is 34.4 Å². The Kier molecular flexibility index (Phi) is 9.44. The molecule has 0 aliphatic carbocycles. The zero-order valence-electron chi connectivity index (χ0n) is 20.5. The Hall–Kier alpha value is -3.42. The molecular weight excluding hydrogens is 468 g/mol. The van der Waals surface area contributed by atoms with Gasteiger partial charge in [0.1, 0.15) is 5.70 Å².